The molecule has 3 aromatic carbocycles. The van der Waals surface area contributed by atoms with Gasteiger partial charge in [-0.25, -0.2) is 9.07 Å². The molecular weight excluding hydrogens is 523 g/mol. The van der Waals surface area contributed by atoms with Crippen molar-refractivity contribution in [2.24, 2.45) is 10.9 Å². The first-order valence-electron chi connectivity index (χ1n) is 13.4. The lowest BCUT2D eigenvalue weighted by molar-refractivity contribution is -0.113. The van der Waals surface area contributed by atoms with Gasteiger partial charge in [-0.2, -0.15) is 10.1 Å². The summed E-state index contributed by atoms with van der Waals surface area (Å²) in [5.41, 5.74) is 3.73. The molecule has 2 aliphatic heterocycles. The van der Waals surface area contributed by atoms with Gasteiger partial charge in [0.2, 0.25) is 0 Å². The van der Waals surface area contributed by atoms with Gasteiger partial charge in [-0.05, 0) is 66.9 Å². The van der Waals surface area contributed by atoms with Gasteiger partial charge in [0.05, 0.1) is 10.6 Å². The molecule has 1 unspecified atom stereocenters. The van der Waals surface area contributed by atoms with Crippen molar-refractivity contribution >= 4 is 28.9 Å². The quantitative estimate of drug-likeness (QED) is 0.242. The van der Waals surface area contributed by atoms with E-state index in [1.165, 1.54) is 24.2 Å². The lowest BCUT2D eigenvalue weighted by atomic mass is 10.0. The van der Waals surface area contributed by atoms with Crippen molar-refractivity contribution in [3.8, 4) is 22.7 Å². The van der Waals surface area contributed by atoms with Crippen LogP contribution in [0.15, 0.2) is 95.0 Å². The predicted octanol–water partition coefficient (Wildman–Crippen LogP) is 6.96. The fraction of sp³-hybridized carbons (Fsp3) is 0.219. The van der Waals surface area contributed by atoms with E-state index in [0.717, 1.165) is 41.5 Å². The Morgan fingerprint density at radius 2 is 1.90 bits per heavy atom. The summed E-state index contributed by atoms with van der Waals surface area (Å²) in [6.45, 7) is 4.20. The zero-order chi connectivity index (χ0) is 27.5. The van der Waals surface area contributed by atoms with Crippen molar-refractivity contribution in [3.05, 3.63) is 107 Å². The van der Waals surface area contributed by atoms with Gasteiger partial charge < -0.3 is 9.64 Å². The molecule has 0 N–H and O–H groups in total. The molecular formula is C32H29FN4O2S. The van der Waals surface area contributed by atoms with Crippen LogP contribution in [-0.4, -0.2) is 38.8 Å². The van der Waals surface area contributed by atoms with Crippen molar-refractivity contribution in [3.63, 3.8) is 0 Å². The predicted molar refractivity (Wildman–Crippen MR) is 158 cm³/mol. The Balaban J connectivity index is 1.31. The van der Waals surface area contributed by atoms with Crippen LogP contribution in [0.25, 0.3) is 23.0 Å². The number of hydrogen-bond acceptors (Lipinski definition) is 5. The molecule has 0 aliphatic carbocycles. The molecule has 1 amide bonds. The topological polar surface area (TPSA) is 59.7 Å². The Morgan fingerprint density at radius 1 is 1.07 bits per heavy atom. The molecule has 40 heavy (non-hydrogen) atoms. The van der Waals surface area contributed by atoms with Crippen LogP contribution in [0.4, 0.5) is 4.39 Å². The number of carbonyl (C=O) groups excluding carboxylic acids is 1. The molecule has 4 aromatic rings. The van der Waals surface area contributed by atoms with Gasteiger partial charge in [-0.15, -0.1) is 0 Å². The lowest BCUT2D eigenvalue weighted by Crippen LogP contribution is -2.37. The number of aromatic nitrogens is 2. The van der Waals surface area contributed by atoms with Crippen LogP contribution >= 0.6 is 11.8 Å². The maximum Gasteiger partial charge on any atom is 0.286 e. The Bertz CT molecular complexity index is 1600. The zero-order valence-electron chi connectivity index (χ0n) is 22.2. The van der Waals surface area contributed by atoms with E-state index in [0.29, 0.717) is 27.8 Å². The Labute approximate surface area is 237 Å². The molecule has 8 heteroatoms. The smallest absolute Gasteiger partial charge is 0.286 e. The van der Waals surface area contributed by atoms with Crippen LogP contribution in [0.1, 0.15) is 30.9 Å². The molecule has 6 rings (SSSR count). The number of aliphatic imine (C=N–C) groups is 1. The largest absolute Gasteiger partial charge is 0.489 e. The third-order valence-electron chi connectivity index (χ3n) is 7.05. The summed E-state index contributed by atoms with van der Waals surface area (Å²) in [7, 11) is 0. The molecule has 3 heterocycles. The summed E-state index contributed by atoms with van der Waals surface area (Å²) in [4.78, 5) is 20.1. The SMILES string of the molecule is CC1CCCN(C2=NC(=O)C(=Cc3cn(-c4ccccc4)nc3-c3cccc(OCc4ccccc4F)c3)S2)C1. The molecule has 1 fully saturated rings. The molecule has 0 spiro atoms. The van der Waals surface area contributed by atoms with Crippen LogP contribution < -0.4 is 4.74 Å². The lowest BCUT2D eigenvalue weighted by Gasteiger charge is -2.31. The standard InChI is InChI=1S/C32H29FN4O2S/c1-22-9-8-16-36(19-22)32-34-31(38)29(40-32)18-25-20-37(26-12-3-2-4-13-26)35-30(25)23-11-7-14-27(17-23)39-21-24-10-5-6-15-28(24)33/h2-7,10-15,17-18,20,22H,8-9,16,19,21H2,1H3. The zero-order valence-corrected chi connectivity index (χ0v) is 23.0. The van der Waals surface area contributed by atoms with E-state index in [9.17, 15) is 9.18 Å². The Kier molecular flexibility index (Phi) is 7.51. The maximum absolute atomic E-state index is 14.1. The highest BCUT2D eigenvalue weighted by Gasteiger charge is 2.29. The summed E-state index contributed by atoms with van der Waals surface area (Å²) in [5, 5.41) is 5.68. The van der Waals surface area contributed by atoms with Gasteiger partial charge in [0.25, 0.3) is 5.91 Å². The summed E-state index contributed by atoms with van der Waals surface area (Å²) in [5.74, 6) is 0.667. The Morgan fingerprint density at radius 3 is 2.73 bits per heavy atom. The summed E-state index contributed by atoms with van der Waals surface area (Å²) in [6, 6.07) is 24.0. The fourth-order valence-electron chi connectivity index (χ4n) is 4.98. The number of rotatable bonds is 6. The normalized spacial score (nSPS) is 18.3. The van der Waals surface area contributed by atoms with Gasteiger partial charge in [0.15, 0.2) is 5.17 Å². The number of piperidine rings is 1. The van der Waals surface area contributed by atoms with Crippen LogP contribution in [0.5, 0.6) is 5.75 Å². The summed E-state index contributed by atoms with van der Waals surface area (Å²) < 4.78 is 21.9. The number of likely N-dealkylation sites (tertiary alicyclic amines) is 1. The van der Waals surface area contributed by atoms with E-state index in [-0.39, 0.29) is 18.3 Å². The molecule has 1 saturated heterocycles. The molecule has 2 aliphatic rings. The number of amidine groups is 1. The van der Waals surface area contributed by atoms with E-state index in [4.69, 9.17) is 9.84 Å². The molecule has 1 atom stereocenters. The van der Waals surface area contributed by atoms with Crippen LogP contribution in [0.2, 0.25) is 0 Å². The van der Waals surface area contributed by atoms with Gasteiger partial charge in [0.1, 0.15) is 23.9 Å². The van der Waals surface area contributed by atoms with Crippen molar-refractivity contribution in [2.45, 2.75) is 26.4 Å². The third-order valence-corrected chi connectivity index (χ3v) is 8.09. The van der Waals surface area contributed by atoms with E-state index >= 15 is 0 Å². The van der Waals surface area contributed by atoms with Crippen LogP contribution in [0, 0.1) is 11.7 Å². The highest BCUT2D eigenvalue weighted by Crippen LogP contribution is 2.35. The molecule has 0 saturated carbocycles. The van der Waals surface area contributed by atoms with Gasteiger partial charge in [-0.3, -0.25) is 4.79 Å². The van der Waals surface area contributed by atoms with E-state index in [2.05, 4.69) is 16.8 Å². The fourth-order valence-corrected chi connectivity index (χ4v) is 5.92. The second-order valence-corrected chi connectivity index (χ2v) is 11.1. The highest BCUT2D eigenvalue weighted by atomic mass is 32.2. The Hall–Kier alpha value is -4.17. The number of hydrogen-bond donors (Lipinski definition) is 0. The number of ether oxygens (including phenoxy) is 1. The monoisotopic (exact) mass is 552 g/mol. The molecule has 1 aromatic heterocycles. The minimum absolute atomic E-state index is 0.117. The first kappa shape index (κ1) is 26.1. The van der Waals surface area contributed by atoms with E-state index < -0.39 is 0 Å². The van der Waals surface area contributed by atoms with E-state index in [1.54, 1.807) is 18.2 Å². The number of benzene rings is 3. The number of amides is 1. The average Bonchev–Trinajstić information content (AvgIpc) is 3.57. The third kappa shape index (κ3) is 5.72. The minimum atomic E-state index is -0.298. The van der Waals surface area contributed by atoms with Crippen LogP contribution in [0.3, 0.4) is 0 Å². The first-order chi connectivity index (χ1) is 19.5. The van der Waals surface area contributed by atoms with Crippen LogP contribution in [-0.2, 0) is 11.4 Å². The van der Waals surface area contributed by atoms with Gasteiger partial charge in [0, 0.05) is 36.0 Å². The van der Waals surface area contributed by atoms with E-state index in [1.807, 2.05) is 71.6 Å². The molecule has 6 nitrogen and oxygen atoms in total. The second-order valence-electron chi connectivity index (χ2n) is 10.1. The van der Waals surface area contributed by atoms with Crippen molar-refractivity contribution in [1.29, 1.82) is 0 Å². The van der Waals surface area contributed by atoms with Gasteiger partial charge in [-0.1, -0.05) is 55.5 Å². The van der Waals surface area contributed by atoms with Crippen molar-refractivity contribution < 1.29 is 13.9 Å². The number of halogens is 1. The summed E-state index contributed by atoms with van der Waals surface area (Å²) in [6.07, 6.45) is 6.12. The minimum Gasteiger partial charge on any atom is -0.489 e. The van der Waals surface area contributed by atoms with Gasteiger partial charge >= 0.3 is 0 Å². The second kappa shape index (κ2) is 11.5. The number of carbonyl (C=O) groups is 1. The number of thioether (sulfide) groups is 1. The van der Waals surface area contributed by atoms with Crippen molar-refractivity contribution in [1.82, 2.24) is 14.7 Å². The number of nitrogens with zero attached hydrogens (tertiary/aromatic N) is 4. The van der Waals surface area contributed by atoms with Crippen molar-refractivity contribution in [2.75, 3.05) is 13.1 Å². The first-order valence-corrected chi connectivity index (χ1v) is 14.2. The summed E-state index contributed by atoms with van der Waals surface area (Å²) >= 11 is 1.43. The number of para-hydroxylation sites is 1. The molecule has 0 bridgehead atoms. The molecule has 0 radical (unpaired) electrons. The average molecular weight is 553 g/mol. The highest BCUT2D eigenvalue weighted by molar-refractivity contribution is 8.18. The maximum atomic E-state index is 14.1. The molecule has 202 valence electrons.